The van der Waals surface area contributed by atoms with E-state index in [9.17, 15) is 14.4 Å². The second kappa shape index (κ2) is 44.3. The zero-order valence-corrected chi connectivity index (χ0v) is 36.1. The summed E-state index contributed by atoms with van der Waals surface area (Å²) in [4.78, 5) is 37.5. The van der Waals surface area contributed by atoms with E-state index in [2.05, 4.69) is 93.7 Å². The topological polar surface area (TPSA) is 78.9 Å². The molecule has 0 aromatic heterocycles. The van der Waals surface area contributed by atoms with E-state index in [0.717, 1.165) is 89.9 Å². The maximum atomic E-state index is 12.6. The Bertz CT molecular complexity index is 1120. The summed E-state index contributed by atoms with van der Waals surface area (Å²) in [6, 6.07) is 0. The van der Waals surface area contributed by atoms with Crippen LogP contribution in [-0.2, 0) is 28.6 Å². The highest BCUT2D eigenvalue weighted by Crippen LogP contribution is 2.12. The van der Waals surface area contributed by atoms with Crippen LogP contribution in [-0.4, -0.2) is 37.2 Å². The maximum Gasteiger partial charge on any atom is 0.306 e. The van der Waals surface area contributed by atoms with Gasteiger partial charge in [-0.25, -0.2) is 0 Å². The number of hydrogen-bond acceptors (Lipinski definition) is 6. The van der Waals surface area contributed by atoms with Gasteiger partial charge in [-0.3, -0.25) is 14.4 Å². The Morgan fingerprint density at radius 1 is 0.375 bits per heavy atom. The van der Waals surface area contributed by atoms with Gasteiger partial charge < -0.3 is 14.2 Å². The van der Waals surface area contributed by atoms with Gasteiger partial charge in [-0.1, -0.05) is 176 Å². The van der Waals surface area contributed by atoms with Crippen LogP contribution >= 0.6 is 0 Å². The Labute approximate surface area is 344 Å². The van der Waals surface area contributed by atoms with Crippen molar-refractivity contribution >= 4 is 17.9 Å². The molecule has 0 amide bonds. The molecule has 0 N–H and O–H groups in total. The lowest BCUT2D eigenvalue weighted by Gasteiger charge is -2.18. The monoisotopic (exact) mass is 779 g/mol. The minimum Gasteiger partial charge on any atom is -0.462 e. The fourth-order valence-corrected chi connectivity index (χ4v) is 5.75. The highest BCUT2D eigenvalue weighted by atomic mass is 16.6. The number of hydrogen-bond donors (Lipinski definition) is 0. The molecule has 0 aromatic carbocycles. The fraction of sp³-hybridized carbons (Fsp3) is 0.660. The van der Waals surface area contributed by atoms with Crippen molar-refractivity contribution in [2.75, 3.05) is 13.2 Å². The summed E-state index contributed by atoms with van der Waals surface area (Å²) in [5.74, 6) is -1.02. The molecular formula is C50H82O6. The van der Waals surface area contributed by atoms with Gasteiger partial charge in [0.15, 0.2) is 6.10 Å². The summed E-state index contributed by atoms with van der Waals surface area (Å²) >= 11 is 0. The molecule has 0 saturated carbocycles. The van der Waals surface area contributed by atoms with Crippen molar-refractivity contribution < 1.29 is 28.6 Å². The summed E-state index contributed by atoms with van der Waals surface area (Å²) in [6.45, 7) is 6.33. The van der Waals surface area contributed by atoms with E-state index in [1.54, 1.807) is 0 Å². The quantitative estimate of drug-likeness (QED) is 0.0268. The first-order chi connectivity index (χ1) is 27.5. The summed E-state index contributed by atoms with van der Waals surface area (Å²) in [6.07, 6.45) is 56.0. The first-order valence-electron chi connectivity index (χ1n) is 22.6. The first kappa shape index (κ1) is 52.6. The van der Waals surface area contributed by atoms with E-state index in [1.807, 2.05) is 12.2 Å². The van der Waals surface area contributed by atoms with Crippen LogP contribution in [0, 0.1) is 0 Å². The zero-order chi connectivity index (χ0) is 40.8. The van der Waals surface area contributed by atoms with E-state index < -0.39 is 12.1 Å². The Kier molecular flexibility index (Phi) is 41.6. The highest BCUT2D eigenvalue weighted by molar-refractivity contribution is 5.71. The molecule has 0 radical (unpaired) electrons. The Hall–Kier alpha value is -3.41. The molecule has 0 aliphatic rings. The van der Waals surface area contributed by atoms with E-state index in [0.29, 0.717) is 19.3 Å². The van der Waals surface area contributed by atoms with Crippen LogP contribution in [0.1, 0.15) is 194 Å². The molecule has 6 heteroatoms. The van der Waals surface area contributed by atoms with Crippen LogP contribution in [0.3, 0.4) is 0 Å². The average molecular weight is 779 g/mol. The molecule has 6 nitrogen and oxygen atoms in total. The maximum absolute atomic E-state index is 12.6. The van der Waals surface area contributed by atoms with Crippen molar-refractivity contribution in [2.45, 2.75) is 200 Å². The molecular weight excluding hydrogens is 697 g/mol. The number of esters is 3. The van der Waals surface area contributed by atoms with Gasteiger partial charge in [0.25, 0.3) is 0 Å². The lowest BCUT2D eigenvalue weighted by molar-refractivity contribution is -0.166. The zero-order valence-electron chi connectivity index (χ0n) is 36.1. The first-order valence-corrected chi connectivity index (χ1v) is 22.6. The Balaban J connectivity index is 4.37. The van der Waals surface area contributed by atoms with Crippen LogP contribution in [0.4, 0.5) is 0 Å². The number of rotatable bonds is 39. The van der Waals surface area contributed by atoms with Crippen LogP contribution in [0.2, 0.25) is 0 Å². The third-order valence-corrected chi connectivity index (χ3v) is 9.15. The molecule has 318 valence electrons. The summed E-state index contributed by atoms with van der Waals surface area (Å²) in [5, 5.41) is 0. The van der Waals surface area contributed by atoms with Gasteiger partial charge >= 0.3 is 17.9 Å². The molecule has 0 aliphatic heterocycles. The van der Waals surface area contributed by atoms with Crippen molar-refractivity contribution in [2.24, 2.45) is 0 Å². The lowest BCUT2D eigenvalue weighted by Crippen LogP contribution is -2.30. The number of unbranched alkanes of at least 4 members (excludes halogenated alkanes) is 14. The number of carbonyl (C=O) groups excluding carboxylic acids is 3. The van der Waals surface area contributed by atoms with Crippen molar-refractivity contribution in [3.8, 4) is 0 Å². The minimum atomic E-state index is -0.815. The summed E-state index contributed by atoms with van der Waals surface area (Å²) in [5.41, 5.74) is 0. The number of carbonyl (C=O) groups is 3. The minimum absolute atomic E-state index is 0.111. The van der Waals surface area contributed by atoms with E-state index in [1.165, 1.54) is 57.8 Å². The molecule has 0 heterocycles. The fourth-order valence-electron chi connectivity index (χ4n) is 5.75. The van der Waals surface area contributed by atoms with Crippen LogP contribution < -0.4 is 0 Å². The molecule has 0 spiro atoms. The van der Waals surface area contributed by atoms with Crippen molar-refractivity contribution in [3.63, 3.8) is 0 Å². The second-order valence-corrected chi connectivity index (χ2v) is 14.6. The molecule has 0 rings (SSSR count). The molecule has 0 fully saturated rings. The van der Waals surface area contributed by atoms with Crippen molar-refractivity contribution in [3.05, 3.63) is 85.1 Å². The molecule has 0 bridgehead atoms. The number of ether oxygens (including phenoxy) is 3. The third kappa shape index (κ3) is 41.7. The van der Waals surface area contributed by atoms with Crippen LogP contribution in [0.25, 0.3) is 0 Å². The van der Waals surface area contributed by atoms with Gasteiger partial charge in [0, 0.05) is 19.3 Å². The third-order valence-electron chi connectivity index (χ3n) is 9.15. The van der Waals surface area contributed by atoms with Gasteiger partial charge in [-0.15, -0.1) is 0 Å². The second-order valence-electron chi connectivity index (χ2n) is 14.6. The van der Waals surface area contributed by atoms with Gasteiger partial charge in [-0.2, -0.15) is 0 Å². The SMILES string of the molecule is CC/C=C\C/C=C\C/C=C\C/C=C\CCC(=O)OC(COC(=O)CCCCCCCC)COC(=O)CCCCCCCC/C=C\C/C=C\C/C=C\CCCCC. The van der Waals surface area contributed by atoms with Gasteiger partial charge in [0.1, 0.15) is 13.2 Å². The molecule has 1 atom stereocenters. The molecule has 1 unspecified atom stereocenters. The normalized spacial score (nSPS) is 12.8. The molecule has 0 aliphatic carbocycles. The Morgan fingerprint density at radius 3 is 1.20 bits per heavy atom. The van der Waals surface area contributed by atoms with E-state index >= 15 is 0 Å². The number of allylic oxidation sites excluding steroid dienone is 14. The van der Waals surface area contributed by atoms with Gasteiger partial charge in [0.2, 0.25) is 0 Å². The van der Waals surface area contributed by atoms with Gasteiger partial charge in [0.05, 0.1) is 0 Å². The smallest absolute Gasteiger partial charge is 0.306 e. The van der Waals surface area contributed by atoms with Crippen LogP contribution in [0.5, 0.6) is 0 Å². The Morgan fingerprint density at radius 2 is 0.732 bits per heavy atom. The lowest BCUT2D eigenvalue weighted by atomic mass is 10.1. The predicted molar refractivity (Wildman–Crippen MR) is 237 cm³/mol. The predicted octanol–water partition coefficient (Wildman–Crippen LogP) is 14.5. The standard InChI is InChI=1S/C50H82O6/c1-4-7-10-13-16-18-20-22-23-24-25-26-27-29-30-32-34-37-40-43-49(52)55-46-47(45-54-48(51)42-39-36-15-12-9-6-3)56-50(53)44-41-38-35-33-31-28-21-19-17-14-11-8-5-2/h8,11,16-19,22-23,25-26,28,31,35,38,47H,4-7,9-10,12-15,20-21,24,27,29-30,32-34,36-37,39-46H2,1-3H3/b11-8-,18-16-,19-17-,23-22-,26-25-,31-28-,38-35-. The van der Waals surface area contributed by atoms with Crippen LogP contribution in [0.15, 0.2) is 85.1 Å². The van der Waals surface area contributed by atoms with E-state index in [-0.39, 0.29) is 31.6 Å². The largest absolute Gasteiger partial charge is 0.462 e. The summed E-state index contributed by atoms with van der Waals surface area (Å²) in [7, 11) is 0. The highest BCUT2D eigenvalue weighted by Gasteiger charge is 2.19. The molecule has 0 saturated heterocycles. The van der Waals surface area contributed by atoms with Gasteiger partial charge in [-0.05, 0) is 83.5 Å². The van der Waals surface area contributed by atoms with Crippen molar-refractivity contribution in [1.82, 2.24) is 0 Å². The van der Waals surface area contributed by atoms with Crippen molar-refractivity contribution in [1.29, 1.82) is 0 Å². The molecule has 56 heavy (non-hydrogen) atoms. The molecule has 0 aromatic rings. The van der Waals surface area contributed by atoms with E-state index in [4.69, 9.17) is 14.2 Å². The average Bonchev–Trinajstić information content (AvgIpc) is 3.19. The summed E-state index contributed by atoms with van der Waals surface area (Å²) < 4.78 is 16.5.